The Morgan fingerprint density at radius 3 is 3.00 bits per heavy atom. The third-order valence-corrected chi connectivity index (χ3v) is 5.83. The average molecular weight is 341 g/mol. The molecule has 134 valence electrons. The number of methoxy groups -OCH3 is 1. The predicted molar refractivity (Wildman–Crippen MR) is 99.1 cm³/mol. The smallest absolute Gasteiger partial charge is 0.267 e. The molecule has 1 aromatic carbocycles. The summed E-state index contributed by atoms with van der Waals surface area (Å²) in [6.45, 7) is 3.25. The lowest BCUT2D eigenvalue weighted by Gasteiger charge is -2.44. The third-order valence-electron chi connectivity index (χ3n) is 5.83. The van der Waals surface area contributed by atoms with Crippen molar-refractivity contribution >= 4 is 16.8 Å². The van der Waals surface area contributed by atoms with Crippen molar-refractivity contribution in [2.24, 2.45) is 5.92 Å². The van der Waals surface area contributed by atoms with Gasteiger partial charge in [0.05, 0.1) is 7.11 Å². The summed E-state index contributed by atoms with van der Waals surface area (Å²) in [5.41, 5.74) is 1.58. The number of H-pyrrole nitrogens is 1. The van der Waals surface area contributed by atoms with Gasteiger partial charge in [-0.15, -0.1) is 0 Å². The maximum absolute atomic E-state index is 12.6. The van der Waals surface area contributed by atoms with Gasteiger partial charge in [0.2, 0.25) is 0 Å². The summed E-state index contributed by atoms with van der Waals surface area (Å²) in [5.74, 6) is 1.38. The molecule has 2 aliphatic heterocycles. The van der Waals surface area contributed by atoms with Crippen molar-refractivity contribution in [3.63, 3.8) is 0 Å². The van der Waals surface area contributed by atoms with Crippen LogP contribution in [0.4, 0.5) is 0 Å². The van der Waals surface area contributed by atoms with Crippen LogP contribution >= 0.6 is 0 Å². The Hall–Kier alpha value is -2.01. The molecule has 2 saturated heterocycles. The second-order valence-electron chi connectivity index (χ2n) is 7.35. The zero-order valence-corrected chi connectivity index (χ0v) is 14.9. The van der Waals surface area contributed by atoms with Crippen molar-refractivity contribution in [3.8, 4) is 5.75 Å². The van der Waals surface area contributed by atoms with Crippen LogP contribution in [0.2, 0.25) is 0 Å². The van der Waals surface area contributed by atoms with E-state index in [0.717, 1.165) is 23.2 Å². The molecule has 5 heteroatoms. The standard InChI is InChI=1S/C20H27N3O2/c1-25-16-7-8-17-15(11-16)12-18(22-17)20(24)21-13-14-5-4-10-23-9-3-2-6-19(14)23/h7-8,11-12,14,19,22H,2-6,9-10,13H2,1H3,(H,21,24)/t14-,19+/m0/s1. The van der Waals surface area contributed by atoms with Crippen LogP contribution in [0.5, 0.6) is 5.75 Å². The predicted octanol–water partition coefficient (Wildman–Crippen LogP) is 3.17. The second-order valence-corrected chi connectivity index (χ2v) is 7.35. The lowest BCUT2D eigenvalue weighted by molar-refractivity contribution is 0.0575. The molecule has 2 aromatic rings. The van der Waals surface area contributed by atoms with Gasteiger partial charge in [0.25, 0.3) is 5.91 Å². The Balaban J connectivity index is 1.41. The maximum Gasteiger partial charge on any atom is 0.267 e. The number of benzene rings is 1. The van der Waals surface area contributed by atoms with Crippen molar-refractivity contribution < 1.29 is 9.53 Å². The fourth-order valence-electron chi connectivity index (χ4n) is 4.49. The van der Waals surface area contributed by atoms with Crippen LogP contribution in [0.1, 0.15) is 42.6 Å². The van der Waals surface area contributed by atoms with Crippen LogP contribution in [0.25, 0.3) is 10.9 Å². The molecule has 25 heavy (non-hydrogen) atoms. The van der Waals surface area contributed by atoms with Crippen molar-refractivity contribution in [2.45, 2.75) is 38.1 Å². The van der Waals surface area contributed by atoms with E-state index in [1.54, 1.807) is 7.11 Å². The highest BCUT2D eigenvalue weighted by Crippen LogP contribution is 2.30. The lowest BCUT2D eigenvalue weighted by atomic mass is 9.83. The molecule has 4 rings (SSSR count). The van der Waals surface area contributed by atoms with Gasteiger partial charge in [-0.1, -0.05) is 6.42 Å². The van der Waals surface area contributed by atoms with Crippen molar-refractivity contribution in [3.05, 3.63) is 30.0 Å². The number of nitrogens with zero attached hydrogens (tertiary/aromatic N) is 1. The minimum absolute atomic E-state index is 0.0110. The Morgan fingerprint density at radius 2 is 2.12 bits per heavy atom. The molecule has 0 bridgehead atoms. The number of rotatable bonds is 4. The van der Waals surface area contributed by atoms with Gasteiger partial charge in [-0.25, -0.2) is 0 Å². The molecule has 2 N–H and O–H groups in total. The van der Waals surface area contributed by atoms with E-state index >= 15 is 0 Å². The van der Waals surface area contributed by atoms with Crippen LogP contribution in [-0.4, -0.2) is 48.6 Å². The molecule has 1 aromatic heterocycles. The van der Waals surface area contributed by atoms with Crippen LogP contribution in [-0.2, 0) is 0 Å². The molecule has 1 amide bonds. The van der Waals surface area contributed by atoms with Crippen molar-refractivity contribution in [1.29, 1.82) is 0 Å². The number of amides is 1. The second kappa shape index (κ2) is 7.08. The van der Waals surface area contributed by atoms with Gasteiger partial charge in [-0.05, 0) is 69.0 Å². The average Bonchev–Trinajstić information content (AvgIpc) is 3.09. The van der Waals surface area contributed by atoms with Gasteiger partial charge in [0.15, 0.2) is 0 Å². The van der Waals surface area contributed by atoms with Gasteiger partial charge in [0.1, 0.15) is 11.4 Å². The summed E-state index contributed by atoms with van der Waals surface area (Å²) >= 11 is 0. The summed E-state index contributed by atoms with van der Waals surface area (Å²) in [6.07, 6.45) is 6.42. The minimum atomic E-state index is -0.0110. The van der Waals surface area contributed by atoms with Crippen LogP contribution in [0, 0.1) is 5.92 Å². The number of carbonyl (C=O) groups is 1. The van der Waals surface area contributed by atoms with Gasteiger partial charge in [0, 0.05) is 23.5 Å². The zero-order chi connectivity index (χ0) is 17.2. The maximum atomic E-state index is 12.6. The molecule has 3 heterocycles. The normalized spacial score (nSPS) is 24.0. The van der Waals surface area contributed by atoms with E-state index in [1.807, 2.05) is 24.3 Å². The number of nitrogens with one attached hydrogen (secondary N) is 2. The van der Waals surface area contributed by atoms with E-state index in [-0.39, 0.29) is 5.91 Å². The highest BCUT2D eigenvalue weighted by molar-refractivity contribution is 5.98. The van der Waals surface area contributed by atoms with E-state index in [1.165, 1.54) is 45.2 Å². The Morgan fingerprint density at radius 1 is 1.24 bits per heavy atom. The topological polar surface area (TPSA) is 57.4 Å². The monoisotopic (exact) mass is 341 g/mol. The van der Waals surface area contributed by atoms with Gasteiger partial charge < -0.3 is 19.9 Å². The number of carbonyl (C=O) groups excluding carboxylic acids is 1. The first kappa shape index (κ1) is 16.5. The summed E-state index contributed by atoms with van der Waals surface area (Å²) in [6, 6.07) is 8.37. The first-order chi connectivity index (χ1) is 12.2. The van der Waals surface area contributed by atoms with E-state index in [2.05, 4.69) is 15.2 Å². The van der Waals surface area contributed by atoms with Crippen LogP contribution < -0.4 is 10.1 Å². The number of hydrogen-bond donors (Lipinski definition) is 2. The quantitative estimate of drug-likeness (QED) is 0.898. The van der Waals surface area contributed by atoms with E-state index < -0.39 is 0 Å². The number of ether oxygens (including phenoxy) is 1. The Labute approximate surface area is 148 Å². The summed E-state index contributed by atoms with van der Waals surface area (Å²) in [5, 5.41) is 4.16. The SMILES string of the molecule is COc1ccc2[nH]c(C(=O)NC[C@@H]3CCCN4CCCC[C@H]34)cc2c1. The molecule has 0 saturated carbocycles. The molecule has 0 radical (unpaired) electrons. The third kappa shape index (κ3) is 3.38. The van der Waals surface area contributed by atoms with Gasteiger partial charge in [-0.3, -0.25) is 4.79 Å². The fraction of sp³-hybridized carbons (Fsp3) is 0.550. The van der Waals surface area contributed by atoms with E-state index in [4.69, 9.17) is 4.74 Å². The Kier molecular flexibility index (Phi) is 4.66. The number of fused-ring (bicyclic) bond motifs is 2. The molecule has 2 atom stereocenters. The molecule has 2 fully saturated rings. The molecule has 0 unspecified atom stereocenters. The number of aromatic nitrogens is 1. The minimum Gasteiger partial charge on any atom is -0.497 e. The van der Waals surface area contributed by atoms with Crippen LogP contribution in [0.3, 0.4) is 0 Å². The molecule has 5 nitrogen and oxygen atoms in total. The van der Waals surface area contributed by atoms with Crippen molar-refractivity contribution in [1.82, 2.24) is 15.2 Å². The first-order valence-electron chi connectivity index (χ1n) is 9.43. The summed E-state index contributed by atoms with van der Waals surface area (Å²) in [7, 11) is 1.65. The molecular weight excluding hydrogens is 314 g/mol. The summed E-state index contributed by atoms with van der Waals surface area (Å²) in [4.78, 5) is 18.4. The Bertz CT molecular complexity index is 752. The number of aromatic amines is 1. The van der Waals surface area contributed by atoms with Crippen LogP contribution in [0.15, 0.2) is 24.3 Å². The first-order valence-corrected chi connectivity index (χ1v) is 9.43. The van der Waals surface area contributed by atoms with E-state index in [0.29, 0.717) is 17.7 Å². The van der Waals surface area contributed by atoms with Crippen molar-refractivity contribution in [2.75, 3.05) is 26.7 Å². The molecule has 0 spiro atoms. The molecular formula is C20H27N3O2. The number of piperidine rings is 2. The zero-order valence-electron chi connectivity index (χ0n) is 14.9. The fourth-order valence-corrected chi connectivity index (χ4v) is 4.49. The van der Waals surface area contributed by atoms with E-state index in [9.17, 15) is 4.79 Å². The summed E-state index contributed by atoms with van der Waals surface area (Å²) < 4.78 is 5.25. The lowest BCUT2D eigenvalue weighted by Crippen LogP contribution is -2.51. The molecule has 0 aliphatic carbocycles. The molecule has 2 aliphatic rings. The largest absolute Gasteiger partial charge is 0.497 e. The highest BCUT2D eigenvalue weighted by atomic mass is 16.5. The van der Waals surface area contributed by atoms with Gasteiger partial charge >= 0.3 is 0 Å². The highest BCUT2D eigenvalue weighted by Gasteiger charge is 2.33. The number of hydrogen-bond acceptors (Lipinski definition) is 3. The van der Waals surface area contributed by atoms with Gasteiger partial charge in [-0.2, -0.15) is 0 Å².